The quantitative estimate of drug-likeness (QED) is 0.173. The Morgan fingerprint density at radius 3 is 1.71 bits per heavy atom. The molecule has 69 heavy (non-hydrogen) atoms. The minimum absolute atomic E-state index is 0.537. The molecule has 0 saturated carbocycles. The van der Waals surface area contributed by atoms with Crippen LogP contribution in [0.4, 0.5) is 0 Å². The highest BCUT2D eigenvalue weighted by atomic mass is 16.3. The van der Waals surface area contributed by atoms with Crippen molar-refractivity contribution in [2.75, 3.05) is 0 Å². The molecule has 0 spiro atoms. The van der Waals surface area contributed by atoms with Gasteiger partial charge in [0.2, 0.25) is 0 Å². The van der Waals surface area contributed by atoms with Gasteiger partial charge in [-0.15, -0.1) is 0 Å². The van der Waals surface area contributed by atoms with Gasteiger partial charge in [0.25, 0.3) is 0 Å². The Hall–Kier alpha value is -9.39. The van der Waals surface area contributed by atoms with Crippen molar-refractivity contribution in [2.45, 2.75) is 0 Å². The zero-order valence-electron chi connectivity index (χ0n) is 37.0. The van der Waals surface area contributed by atoms with Gasteiger partial charge in [-0.1, -0.05) is 164 Å². The Kier molecular flexibility index (Phi) is 7.97. The molecule has 6 heteroatoms. The van der Waals surface area contributed by atoms with E-state index in [2.05, 4.69) is 234 Å². The molecule has 0 fully saturated rings. The predicted molar refractivity (Wildman–Crippen MR) is 285 cm³/mol. The van der Waals surface area contributed by atoms with Gasteiger partial charge in [-0.25, -0.2) is 15.0 Å². The molecule has 15 aromatic rings. The summed E-state index contributed by atoms with van der Waals surface area (Å²) < 4.78 is 11.9. The first-order valence-corrected chi connectivity index (χ1v) is 23.3. The van der Waals surface area contributed by atoms with E-state index in [1.165, 1.54) is 21.5 Å². The third-order valence-electron chi connectivity index (χ3n) is 14.1. The minimum Gasteiger partial charge on any atom is -0.455 e. The highest BCUT2D eigenvalue weighted by molar-refractivity contribution is 6.24. The van der Waals surface area contributed by atoms with Crippen molar-refractivity contribution in [3.63, 3.8) is 0 Å². The summed E-state index contributed by atoms with van der Waals surface area (Å²) in [6, 6.07) is 79.6. The third kappa shape index (κ3) is 5.63. The van der Waals surface area contributed by atoms with E-state index in [1.54, 1.807) is 0 Å². The van der Waals surface area contributed by atoms with Crippen LogP contribution in [-0.2, 0) is 0 Å². The maximum Gasteiger partial charge on any atom is 0.167 e. The number of aromatic nitrogens is 5. The molecule has 0 radical (unpaired) electrons. The molecule has 4 aromatic heterocycles. The van der Waals surface area contributed by atoms with Gasteiger partial charge < -0.3 is 13.6 Å². The number of furan rings is 1. The number of para-hydroxylation sites is 4. The molecule has 320 valence electrons. The summed E-state index contributed by atoms with van der Waals surface area (Å²) in [5.41, 5.74) is 10.8. The maximum atomic E-state index is 7.19. The van der Waals surface area contributed by atoms with Crippen molar-refractivity contribution >= 4 is 97.9 Å². The monoisotopic (exact) mass is 879 g/mol. The Labute approximate surface area is 394 Å². The van der Waals surface area contributed by atoms with E-state index >= 15 is 0 Å². The van der Waals surface area contributed by atoms with Crippen LogP contribution in [0.5, 0.6) is 0 Å². The van der Waals surface area contributed by atoms with Crippen molar-refractivity contribution in [2.24, 2.45) is 0 Å². The molecule has 11 aromatic carbocycles. The normalized spacial score (nSPS) is 12.1. The molecule has 0 aliphatic heterocycles. The molecule has 0 bridgehead atoms. The number of hydrogen-bond donors (Lipinski definition) is 0. The summed E-state index contributed by atoms with van der Waals surface area (Å²) in [6.45, 7) is 0. The molecule has 0 saturated heterocycles. The molecule has 0 N–H and O–H groups in total. The van der Waals surface area contributed by atoms with Gasteiger partial charge >= 0.3 is 0 Å². The maximum absolute atomic E-state index is 7.19. The Balaban J connectivity index is 0.996. The predicted octanol–water partition coefficient (Wildman–Crippen LogP) is 16.4. The molecule has 0 aliphatic rings. The van der Waals surface area contributed by atoms with Crippen LogP contribution in [0, 0.1) is 0 Å². The molecule has 4 heterocycles. The molecule has 15 rings (SSSR count). The fraction of sp³-hybridized carbons (Fsp3) is 0. The van der Waals surface area contributed by atoms with Crippen LogP contribution in [0.1, 0.15) is 0 Å². The zero-order chi connectivity index (χ0) is 45.2. The fourth-order valence-corrected chi connectivity index (χ4v) is 11.1. The second-order valence-electron chi connectivity index (χ2n) is 17.9. The van der Waals surface area contributed by atoms with E-state index in [9.17, 15) is 0 Å². The number of hydrogen-bond acceptors (Lipinski definition) is 4. The van der Waals surface area contributed by atoms with E-state index in [0.29, 0.717) is 17.5 Å². The lowest BCUT2D eigenvalue weighted by Crippen LogP contribution is -2.01. The molecule has 0 atom stereocenters. The molecular weight excluding hydrogens is 843 g/mol. The second-order valence-corrected chi connectivity index (χ2v) is 17.9. The van der Waals surface area contributed by atoms with E-state index < -0.39 is 0 Å². The lowest BCUT2D eigenvalue weighted by Gasteiger charge is -2.13. The SMILES string of the molecule is c1ccc(-n2c3ccccc3c3c(-c4nc(-c5ccc6ccccc6c5)nc(-c5cccc6c5oc5cc(-n7c8ccccc8c8cc9ccccc9cc87)c7ccccc7c56)n4)cccc32)cc1. The largest absolute Gasteiger partial charge is 0.455 e. The lowest BCUT2D eigenvalue weighted by atomic mass is 10.0. The highest BCUT2D eigenvalue weighted by Gasteiger charge is 2.24. The van der Waals surface area contributed by atoms with E-state index in [4.69, 9.17) is 19.4 Å². The summed E-state index contributed by atoms with van der Waals surface area (Å²) in [5, 5.41) is 13.6. The van der Waals surface area contributed by atoms with Crippen molar-refractivity contribution in [1.82, 2.24) is 24.1 Å². The van der Waals surface area contributed by atoms with Gasteiger partial charge in [0.1, 0.15) is 11.2 Å². The van der Waals surface area contributed by atoms with Gasteiger partial charge in [0.05, 0.1) is 33.3 Å². The standard InChI is InChI=1S/C63H37N5O/c1-2-20-43(21-3-1)67-53-30-13-11-25-47(53)58-49(27-15-31-54(58)67)62-64-61(42-33-32-38-16-4-5-17-39(38)34-42)65-63(66-62)50-28-14-26-48-59-46-24-9-8-22-44(46)56(37-57(59)69-60(48)50)68-52-29-12-10-23-45(52)51-35-40-18-6-7-19-41(40)36-55(51)68/h1-37H. The van der Waals surface area contributed by atoms with E-state index in [0.717, 1.165) is 104 Å². The van der Waals surface area contributed by atoms with Crippen LogP contribution in [0.25, 0.3) is 143 Å². The third-order valence-corrected chi connectivity index (χ3v) is 14.1. The van der Waals surface area contributed by atoms with Crippen molar-refractivity contribution in [1.29, 1.82) is 0 Å². The summed E-state index contributed by atoms with van der Waals surface area (Å²) in [7, 11) is 0. The summed E-state index contributed by atoms with van der Waals surface area (Å²) >= 11 is 0. The average molecular weight is 880 g/mol. The van der Waals surface area contributed by atoms with Crippen LogP contribution in [0.2, 0.25) is 0 Å². The first-order chi connectivity index (χ1) is 34.2. The second kappa shape index (κ2) is 14.6. The van der Waals surface area contributed by atoms with Gasteiger partial charge in [-0.3, -0.25) is 0 Å². The van der Waals surface area contributed by atoms with Gasteiger partial charge in [-0.2, -0.15) is 0 Å². The Morgan fingerprint density at radius 2 is 0.899 bits per heavy atom. The van der Waals surface area contributed by atoms with Crippen LogP contribution >= 0.6 is 0 Å². The van der Waals surface area contributed by atoms with Crippen LogP contribution in [-0.4, -0.2) is 24.1 Å². The molecule has 6 nitrogen and oxygen atoms in total. The zero-order valence-corrected chi connectivity index (χ0v) is 37.0. The average Bonchev–Trinajstić information content (AvgIpc) is 4.07. The fourth-order valence-electron chi connectivity index (χ4n) is 11.1. The first-order valence-electron chi connectivity index (χ1n) is 23.3. The van der Waals surface area contributed by atoms with Crippen LogP contribution in [0.15, 0.2) is 229 Å². The van der Waals surface area contributed by atoms with E-state index in [1.807, 2.05) is 0 Å². The van der Waals surface area contributed by atoms with Crippen LogP contribution in [0.3, 0.4) is 0 Å². The van der Waals surface area contributed by atoms with Crippen LogP contribution < -0.4 is 0 Å². The lowest BCUT2D eigenvalue weighted by molar-refractivity contribution is 0.669. The van der Waals surface area contributed by atoms with Gasteiger partial charge in [-0.05, 0) is 81.5 Å². The van der Waals surface area contributed by atoms with Gasteiger partial charge in [0.15, 0.2) is 17.5 Å². The van der Waals surface area contributed by atoms with Crippen molar-refractivity contribution < 1.29 is 4.42 Å². The van der Waals surface area contributed by atoms with Crippen molar-refractivity contribution in [3.05, 3.63) is 224 Å². The van der Waals surface area contributed by atoms with Crippen molar-refractivity contribution in [3.8, 4) is 45.5 Å². The molecule has 0 unspecified atom stereocenters. The molecular formula is C63H37N5O. The molecule has 0 aliphatic carbocycles. The number of nitrogens with zero attached hydrogens (tertiary/aromatic N) is 5. The topological polar surface area (TPSA) is 61.7 Å². The molecule has 0 amide bonds. The summed E-state index contributed by atoms with van der Waals surface area (Å²) in [5.74, 6) is 1.71. The number of benzene rings is 11. The number of fused-ring (bicyclic) bond motifs is 13. The minimum atomic E-state index is 0.537. The smallest absolute Gasteiger partial charge is 0.167 e. The Bertz CT molecular complexity index is 4620. The van der Waals surface area contributed by atoms with Gasteiger partial charge in [0, 0.05) is 60.6 Å². The van der Waals surface area contributed by atoms with E-state index in [-0.39, 0.29) is 0 Å². The Morgan fingerprint density at radius 1 is 0.319 bits per heavy atom. The summed E-state index contributed by atoms with van der Waals surface area (Å²) in [4.78, 5) is 16.1. The summed E-state index contributed by atoms with van der Waals surface area (Å²) in [6.07, 6.45) is 0. The first kappa shape index (κ1) is 37.8. The number of rotatable bonds is 5. The highest BCUT2D eigenvalue weighted by Crippen LogP contribution is 2.45.